The van der Waals surface area contributed by atoms with Crippen LogP contribution < -0.4 is 0 Å². The van der Waals surface area contributed by atoms with Gasteiger partial charge in [-0.3, -0.25) is 0 Å². The minimum absolute atomic E-state index is 0.522. The van der Waals surface area contributed by atoms with Crippen LogP contribution in [-0.4, -0.2) is 0 Å². The number of rotatable bonds is 1. The van der Waals surface area contributed by atoms with Crippen LogP contribution in [0, 0.1) is 16.7 Å². The average molecular weight is 140 g/mol. The highest BCUT2D eigenvalue weighted by atomic mass is 14.6. The van der Waals surface area contributed by atoms with Gasteiger partial charge >= 0.3 is 0 Å². The zero-order valence-corrected chi connectivity index (χ0v) is 7.99. The van der Waals surface area contributed by atoms with E-state index in [0.717, 1.165) is 5.92 Å². The van der Waals surface area contributed by atoms with Crippen LogP contribution in [0.5, 0.6) is 0 Å². The van der Waals surface area contributed by atoms with E-state index in [-0.39, 0.29) is 0 Å². The summed E-state index contributed by atoms with van der Waals surface area (Å²) in [6.07, 6.45) is 2.82. The van der Waals surface area contributed by atoms with Crippen molar-refractivity contribution in [3.63, 3.8) is 0 Å². The molecule has 0 amide bonds. The van der Waals surface area contributed by atoms with E-state index in [0.29, 0.717) is 10.8 Å². The first-order valence-corrected chi connectivity index (χ1v) is 4.42. The monoisotopic (exact) mass is 140 g/mol. The van der Waals surface area contributed by atoms with Gasteiger partial charge in [-0.25, -0.2) is 0 Å². The molecule has 0 unspecified atom stereocenters. The highest BCUT2D eigenvalue weighted by molar-refractivity contribution is 5.04. The van der Waals surface area contributed by atoms with E-state index < -0.39 is 0 Å². The summed E-state index contributed by atoms with van der Waals surface area (Å²) in [6, 6.07) is 0. The minimum atomic E-state index is 0.522. The Bertz CT molecular complexity index is 129. The van der Waals surface area contributed by atoms with Gasteiger partial charge in [0.25, 0.3) is 0 Å². The van der Waals surface area contributed by atoms with Gasteiger partial charge in [0.15, 0.2) is 0 Å². The highest BCUT2D eigenvalue weighted by Crippen LogP contribution is 2.63. The summed E-state index contributed by atoms with van der Waals surface area (Å²) >= 11 is 0. The molecule has 0 N–H and O–H groups in total. The van der Waals surface area contributed by atoms with Crippen molar-refractivity contribution in [1.29, 1.82) is 0 Å². The third-order valence-corrected chi connectivity index (χ3v) is 3.62. The van der Waals surface area contributed by atoms with Crippen LogP contribution >= 0.6 is 0 Å². The third kappa shape index (κ3) is 0.980. The first-order chi connectivity index (χ1) is 4.42. The Hall–Kier alpha value is 0. The Kier molecular flexibility index (Phi) is 1.61. The van der Waals surface area contributed by atoms with E-state index in [2.05, 4.69) is 34.6 Å². The Morgan fingerprint density at radius 1 is 1.40 bits per heavy atom. The normalized spacial score (nSPS) is 39.9. The quantitative estimate of drug-likeness (QED) is 0.523. The second-order valence-electron chi connectivity index (χ2n) is 4.98. The van der Waals surface area contributed by atoms with Crippen molar-refractivity contribution in [2.75, 3.05) is 0 Å². The van der Waals surface area contributed by atoms with Gasteiger partial charge in [0.05, 0.1) is 0 Å². The fourth-order valence-electron chi connectivity index (χ4n) is 1.97. The van der Waals surface area contributed by atoms with Gasteiger partial charge in [0, 0.05) is 0 Å². The van der Waals surface area contributed by atoms with E-state index in [9.17, 15) is 0 Å². The minimum Gasteiger partial charge on any atom is -0.0651 e. The second kappa shape index (κ2) is 1.99. The topological polar surface area (TPSA) is 0 Å². The lowest BCUT2D eigenvalue weighted by Gasteiger charge is -2.28. The zero-order chi connectivity index (χ0) is 7.99. The molecule has 1 saturated carbocycles. The molecule has 0 heteroatoms. The lowest BCUT2D eigenvalue weighted by Crippen LogP contribution is -2.20. The van der Waals surface area contributed by atoms with E-state index >= 15 is 0 Å². The fraction of sp³-hybridized carbons (Fsp3) is 1.00. The molecule has 10 heavy (non-hydrogen) atoms. The summed E-state index contributed by atoms with van der Waals surface area (Å²) in [5, 5.41) is 0. The molecule has 0 bridgehead atoms. The van der Waals surface area contributed by atoms with Crippen LogP contribution in [0.3, 0.4) is 0 Å². The molecule has 1 aliphatic carbocycles. The molecule has 1 fully saturated rings. The molecule has 0 aromatic carbocycles. The standard InChI is InChI=1S/C10H20/c1-6-8-7-10(8,5)9(2,3)4/h8H,6-7H2,1-5H3/t8-,10-/m0/s1. The highest BCUT2D eigenvalue weighted by Gasteiger charge is 2.55. The number of hydrogen-bond acceptors (Lipinski definition) is 0. The summed E-state index contributed by atoms with van der Waals surface area (Å²) in [6.45, 7) is 11.8. The summed E-state index contributed by atoms with van der Waals surface area (Å²) < 4.78 is 0. The Labute approximate surface area is 65.0 Å². The Morgan fingerprint density at radius 2 is 1.90 bits per heavy atom. The lowest BCUT2D eigenvalue weighted by molar-refractivity contribution is 0.212. The van der Waals surface area contributed by atoms with Crippen LogP contribution in [0.4, 0.5) is 0 Å². The van der Waals surface area contributed by atoms with Crippen molar-refractivity contribution in [3.05, 3.63) is 0 Å². The van der Waals surface area contributed by atoms with Crippen LogP contribution in [0.25, 0.3) is 0 Å². The molecular weight excluding hydrogens is 120 g/mol. The molecular formula is C10H20. The van der Waals surface area contributed by atoms with Crippen LogP contribution in [-0.2, 0) is 0 Å². The van der Waals surface area contributed by atoms with Crippen molar-refractivity contribution in [2.45, 2.75) is 47.5 Å². The zero-order valence-electron chi connectivity index (χ0n) is 7.99. The summed E-state index contributed by atoms with van der Waals surface area (Å²) in [4.78, 5) is 0. The van der Waals surface area contributed by atoms with E-state index in [1.165, 1.54) is 12.8 Å². The predicted molar refractivity (Wildman–Crippen MR) is 46.0 cm³/mol. The van der Waals surface area contributed by atoms with E-state index in [1.54, 1.807) is 0 Å². The Morgan fingerprint density at radius 3 is 2.00 bits per heavy atom. The summed E-state index contributed by atoms with van der Waals surface area (Å²) in [5.74, 6) is 1.01. The van der Waals surface area contributed by atoms with Gasteiger partial charge in [-0.05, 0) is 23.2 Å². The molecule has 0 radical (unpaired) electrons. The maximum Gasteiger partial charge on any atom is -0.0246 e. The van der Waals surface area contributed by atoms with Crippen LogP contribution in [0.15, 0.2) is 0 Å². The molecule has 60 valence electrons. The van der Waals surface area contributed by atoms with Crippen molar-refractivity contribution in [1.82, 2.24) is 0 Å². The molecule has 0 nitrogen and oxygen atoms in total. The smallest absolute Gasteiger partial charge is 0.0246 e. The SMILES string of the molecule is CC[C@H]1C[C@]1(C)C(C)(C)C. The first-order valence-electron chi connectivity index (χ1n) is 4.42. The summed E-state index contributed by atoms with van der Waals surface area (Å²) in [5.41, 5.74) is 1.18. The van der Waals surface area contributed by atoms with E-state index in [1.807, 2.05) is 0 Å². The maximum atomic E-state index is 2.43. The molecule has 0 aromatic rings. The van der Waals surface area contributed by atoms with Gasteiger partial charge in [0.1, 0.15) is 0 Å². The van der Waals surface area contributed by atoms with Crippen molar-refractivity contribution >= 4 is 0 Å². The van der Waals surface area contributed by atoms with Gasteiger partial charge in [-0.2, -0.15) is 0 Å². The molecule has 0 aromatic heterocycles. The van der Waals surface area contributed by atoms with Crippen LogP contribution in [0.1, 0.15) is 47.5 Å². The molecule has 1 aliphatic rings. The van der Waals surface area contributed by atoms with E-state index in [4.69, 9.17) is 0 Å². The predicted octanol–water partition coefficient (Wildman–Crippen LogP) is 3.47. The Balaban J connectivity index is 2.59. The lowest BCUT2D eigenvalue weighted by atomic mass is 9.77. The average Bonchev–Trinajstić information content (AvgIpc) is 2.41. The molecule has 2 atom stereocenters. The molecule has 0 heterocycles. The van der Waals surface area contributed by atoms with Gasteiger partial charge in [0.2, 0.25) is 0 Å². The number of hydrogen-bond donors (Lipinski definition) is 0. The maximum absolute atomic E-state index is 2.43. The largest absolute Gasteiger partial charge is 0.0651 e. The second-order valence-corrected chi connectivity index (χ2v) is 4.98. The van der Waals surface area contributed by atoms with Crippen molar-refractivity contribution < 1.29 is 0 Å². The molecule has 0 saturated heterocycles. The van der Waals surface area contributed by atoms with Crippen LogP contribution in [0.2, 0.25) is 0 Å². The fourth-order valence-corrected chi connectivity index (χ4v) is 1.97. The molecule has 0 aliphatic heterocycles. The first kappa shape index (κ1) is 8.10. The molecule has 1 rings (SSSR count). The van der Waals surface area contributed by atoms with Crippen molar-refractivity contribution in [3.8, 4) is 0 Å². The summed E-state index contributed by atoms with van der Waals surface area (Å²) in [7, 11) is 0. The molecule has 0 spiro atoms. The van der Waals surface area contributed by atoms with Gasteiger partial charge in [-0.1, -0.05) is 41.0 Å². The van der Waals surface area contributed by atoms with Gasteiger partial charge < -0.3 is 0 Å². The van der Waals surface area contributed by atoms with Crippen molar-refractivity contribution in [2.24, 2.45) is 16.7 Å². The van der Waals surface area contributed by atoms with Gasteiger partial charge in [-0.15, -0.1) is 0 Å². The third-order valence-electron chi connectivity index (χ3n) is 3.62.